The molecule has 0 fully saturated rings. The summed E-state index contributed by atoms with van der Waals surface area (Å²) in [6, 6.07) is 6.99. The highest BCUT2D eigenvalue weighted by molar-refractivity contribution is 8.13. The van der Waals surface area contributed by atoms with E-state index in [0.717, 1.165) is 11.1 Å². The van der Waals surface area contributed by atoms with Crippen LogP contribution in [-0.4, -0.2) is 27.8 Å². The number of carbonyl (C=O) groups excluding carboxylic acids is 1. The van der Waals surface area contributed by atoms with Crippen LogP contribution >= 0.6 is 10.5 Å². The molecular weight excluding hydrogens is 244 g/mol. The van der Waals surface area contributed by atoms with Crippen LogP contribution in [0.2, 0.25) is 0 Å². The van der Waals surface area contributed by atoms with E-state index in [1.165, 1.54) is 0 Å². The van der Waals surface area contributed by atoms with Gasteiger partial charge in [0.05, 0.1) is 0 Å². The van der Waals surface area contributed by atoms with Crippen molar-refractivity contribution in [1.29, 1.82) is 0 Å². The van der Waals surface area contributed by atoms with E-state index in [9.17, 15) is 4.79 Å². The van der Waals surface area contributed by atoms with Gasteiger partial charge in [0.25, 0.3) is 0 Å². The van der Waals surface area contributed by atoms with Crippen molar-refractivity contribution < 1.29 is 25.1 Å². The second-order valence-corrected chi connectivity index (χ2v) is 5.27. The molecule has 0 spiro atoms. The number of hydrogen-bond donors (Lipinski definition) is 2. The van der Waals surface area contributed by atoms with Crippen molar-refractivity contribution in [3.63, 3.8) is 0 Å². The first-order chi connectivity index (χ1) is 8.21. The van der Waals surface area contributed by atoms with Crippen molar-refractivity contribution in [2.24, 2.45) is 0 Å². The largest absolute Gasteiger partial charge is 0.251 e. The molecule has 2 unspecified atom stereocenters. The fourth-order valence-electron chi connectivity index (χ4n) is 1.35. The Labute approximate surface area is 101 Å². The first-order valence-electron chi connectivity index (χ1n) is 4.87. The number of benzene rings is 1. The number of rotatable bonds is 6. The van der Waals surface area contributed by atoms with Gasteiger partial charge in [-0.15, -0.1) is 10.5 Å². The molecule has 0 amide bonds. The van der Waals surface area contributed by atoms with Gasteiger partial charge in [0, 0.05) is 5.75 Å². The smallest absolute Gasteiger partial charge is 0.155 e. The van der Waals surface area contributed by atoms with Crippen LogP contribution in [0.4, 0.5) is 0 Å². The minimum atomic E-state index is -0.571. The Hall–Kier alpha value is -1.01. The molecule has 6 heteroatoms. The lowest BCUT2D eigenvalue weighted by atomic mass is 10.1. The zero-order chi connectivity index (χ0) is 12.7. The summed E-state index contributed by atoms with van der Waals surface area (Å²) in [5, 5.41) is 19.0. The predicted molar refractivity (Wildman–Crippen MR) is 64.4 cm³/mol. The Kier molecular flexibility index (Phi) is 6.07. The molecule has 0 heterocycles. The van der Waals surface area contributed by atoms with E-state index in [1.807, 2.05) is 5.23 Å². The van der Waals surface area contributed by atoms with E-state index in [4.69, 9.17) is 10.5 Å². The molecule has 5 nitrogen and oxygen atoms in total. The van der Waals surface area contributed by atoms with Gasteiger partial charge in [-0.05, 0) is 17.4 Å². The molecule has 0 radical (unpaired) electrons. The summed E-state index contributed by atoms with van der Waals surface area (Å²) >= 11 is 0. The monoisotopic (exact) mass is 258 g/mol. The van der Waals surface area contributed by atoms with Gasteiger partial charge in [0.2, 0.25) is 0 Å². The third kappa shape index (κ3) is 4.40. The first kappa shape index (κ1) is 14.1. The van der Waals surface area contributed by atoms with E-state index in [1.54, 1.807) is 30.5 Å². The van der Waals surface area contributed by atoms with Crippen molar-refractivity contribution in [2.45, 2.75) is 12.7 Å². The Bertz CT molecular complexity index is 397. The van der Waals surface area contributed by atoms with Crippen LogP contribution in [-0.2, 0) is 21.2 Å². The average molecular weight is 258 g/mol. The summed E-state index contributed by atoms with van der Waals surface area (Å²) < 4.78 is 0. The Morgan fingerprint density at radius 3 is 2.47 bits per heavy atom. The van der Waals surface area contributed by atoms with Gasteiger partial charge < -0.3 is 0 Å². The van der Waals surface area contributed by atoms with Crippen LogP contribution in [0.1, 0.15) is 17.2 Å². The van der Waals surface area contributed by atoms with Crippen molar-refractivity contribution >= 4 is 15.7 Å². The Morgan fingerprint density at radius 1 is 1.35 bits per heavy atom. The molecule has 17 heavy (non-hydrogen) atoms. The molecule has 0 aliphatic rings. The SMILES string of the molecule is CS(=C=O)CC(OO)c1ccc(COO)cc1. The molecule has 2 N–H and O–H groups in total. The van der Waals surface area contributed by atoms with Crippen LogP contribution in [0, 0.1) is 0 Å². The number of hydrogen-bond acceptors (Lipinski definition) is 5. The van der Waals surface area contributed by atoms with Crippen LogP contribution in [0.5, 0.6) is 0 Å². The van der Waals surface area contributed by atoms with E-state index in [2.05, 4.69) is 9.78 Å². The van der Waals surface area contributed by atoms with Gasteiger partial charge in [-0.3, -0.25) is 10.5 Å². The van der Waals surface area contributed by atoms with E-state index < -0.39 is 16.6 Å². The third-order valence-electron chi connectivity index (χ3n) is 2.25. The minimum absolute atomic E-state index is 0.102. The molecule has 1 aromatic carbocycles. The standard InChI is InChI=1S/C11H14O5S/c1-17(8-12)7-11(16-14)10-4-2-9(3-5-10)6-15-13/h2-5,11,13-14H,6-7H2,1H3. The van der Waals surface area contributed by atoms with Crippen molar-refractivity contribution in [1.82, 2.24) is 0 Å². The molecule has 0 saturated carbocycles. The predicted octanol–water partition coefficient (Wildman–Crippen LogP) is 2.17. The zero-order valence-electron chi connectivity index (χ0n) is 9.33. The summed E-state index contributed by atoms with van der Waals surface area (Å²) in [6.07, 6.45) is 1.18. The van der Waals surface area contributed by atoms with Crippen molar-refractivity contribution in [3.05, 3.63) is 35.4 Å². The second kappa shape index (κ2) is 7.34. The minimum Gasteiger partial charge on any atom is -0.251 e. The lowest BCUT2D eigenvalue weighted by molar-refractivity contribution is -0.275. The van der Waals surface area contributed by atoms with Crippen LogP contribution in [0.3, 0.4) is 0 Å². The summed E-state index contributed by atoms with van der Waals surface area (Å²) in [4.78, 5) is 18.8. The molecule has 0 aliphatic heterocycles. The van der Waals surface area contributed by atoms with Crippen molar-refractivity contribution in [2.75, 3.05) is 12.0 Å². The van der Waals surface area contributed by atoms with E-state index >= 15 is 0 Å². The highest BCUT2D eigenvalue weighted by atomic mass is 32.2. The molecule has 0 aliphatic carbocycles. The van der Waals surface area contributed by atoms with E-state index in [-0.39, 0.29) is 6.61 Å². The summed E-state index contributed by atoms with van der Waals surface area (Å²) in [5.74, 6) is 0.385. The maximum absolute atomic E-state index is 10.4. The average Bonchev–Trinajstić information content (AvgIpc) is 2.37. The van der Waals surface area contributed by atoms with Gasteiger partial charge in [0.15, 0.2) is 5.23 Å². The molecule has 0 saturated heterocycles. The molecule has 1 aromatic rings. The molecular formula is C11H14O5S. The van der Waals surface area contributed by atoms with Gasteiger partial charge in [-0.25, -0.2) is 14.6 Å². The van der Waals surface area contributed by atoms with Gasteiger partial charge in [0.1, 0.15) is 12.7 Å². The maximum atomic E-state index is 10.4. The first-order valence-corrected chi connectivity index (χ1v) is 6.67. The van der Waals surface area contributed by atoms with Crippen LogP contribution < -0.4 is 0 Å². The maximum Gasteiger partial charge on any atom is 0.155 e. The molecule has 2 atom stereocenters. The third-order valence-corrected chi connectivity index (χ3v) is 3.34. The lowest BCUT2D eigenvalue weighted by Crippen LogP contribution is -2.06. The van der Waals surface area contributed by atoms with Crippen molar-refractivity contribution in [3.8, 4) is 0 Å². The summed E-state index contributed by atoms with van der Waals surface area (Å²) in [5.41, 5.74) is 1.55. The van der Waals surface area contributed by atoms with Gasteiger partial charge >= 0.3 is 0 Å². The normalized spacial score (nSPS) is 14.1. The van der Waals surface area contributed by atoms with Gasteiger partial charge in [-0.1, -0.05) is 24.3 Å². The highest BCUT2D eigenvalue weighted by Gasteiger charge is 2.12. The topological polar surface area (TPSA) is 76.0 Å². The lowest BCUT2D eigenvalue weighted by Gasteiger charge is -2.13. The molecule has 94 valence electrons. The second-order valence-electron chi connectivity index (χ2n) is 3.50. The summed E-state index contributed by atoms with van der Waals surface area (Å²) in [7, 11) is -0.571. The van der Waals surface area contributed by atoms with Gasteiger partial charge in [-0.2, -0.15) is 0 Å². The molecule has 1 rings (SSSR count). The fraction of sp³-hybridized carbons (Fsp3) is 0.364. The fourth-order valence-corrected chi connectivity index (χ4v) is 2.13. The van der Waals surface area contributed by atoms with E-state index in [0.29, 0.717) is 5.75 Å². The Morgan fingerprint density at radius 2 is 2.00 bits per heavy atom. The zero-order valence-corrected chi connectivity index (χ0v) is 10.1. The Balaban J connectivity index is 2.78. The molecule has 0 aromatic heterocycles. The quantitative estimate of drug-likeness (QED) is 0.464. The van der Waals surface area contributed by atoms with Crippen LogP contribution in [0.25, 0.3) is 0 Å². The molecule has 0 bridgehead atoms. The van der Waals surface area contributed by atoms with Crippen LogP contribution in [0.15, 0.2) is 24.3 Å². The summed E-state index contributed by atoms with van der Waals surface area (Å²) in [6.45, 7) is 0.102. The highest BCUT2D eigenvalue weighted by Crippen LogP contribution is 2.23.